The first-order valence-electron chi connectivity index (χ1n) is 5.11. The Morgan fingerprint density at radius 1 is 1.42 bits per heavy atom. The lowest BCUT2D eigenvalue weighted by Gasteiger charge is -1.98. The van der Waals surface area contributed by atoms with E-state index in [-0.39, 0.29) is 15.3 Å². The van der Waals surface area contributed by atoms with Crippen LogP contribution in [0.25, 0.3) is 10.1 Å². The number of hydrogen-bond acceptors (Lipinski definition) is 5. The molecule has 2 heterocycles. The van der Waals surface area contributed by atoms with Crippen molar-refractivity contribution in [1.82, 2.24) is 10.2 Å². The number of nitrogens with one attached hydrogen (secondary N) is 1. The number of anilines is 1. The van der Waals surface area contributed by atoms with Gasteiger partial charge in [0.25, 0.3) is 5.91 Å². The summed E-state index contributed by atoms with van der Waals surface area (Å²) in [5, 5.41) is 10.7. The number of aromatic nitrogens is 2. The minimum absolute atomic E-state index is 0.125. The van der Waals surface area contributed by atoms with Crippen LogP contribution in [0.2, 0.25) is 5.02 Å². The van der Waals surface area contributed by atoms with Crippen molar-refractivity contribution in [2.24, 2.45) is 0 Å². The number of nitrogens with zero attached hydrogens (tertiary/aromatic N) is 2. The molecule has 0 aliphatic heterocycles. The second kappa shape index (κ2) is 4.84. The van der Waals surface area contributed by atoms with Gasteiger partial charge in [0, 0.05) is 10.1 Å². The Morgan fingerprint density at radius 2 is 2.26 bits per heavy atom. The first-order valence-corrected chi connectivity index (χ1v) is 7.18. The first kappa shape index (κ1) is 12.5. The summed E-state index contributed by atoms with van der Waals surface area (Å²) in [6.45, 7) is 0. The predicted octanol–water partition coefficient (Wildman–Crippen LogP) is 3.80. The number of halogens is 2. The Morgan fingerprint density at radius 3 is 2.95 bits per heavy atom. The lowest BCUT2D eigenvalue weighted by molar-refractivity contribution is 0.103. The molecule has 0 aliphatic rings. The predicted molar refractivity (Wildman–Crippen MR) is 74.7 cm³/mol. The van der Waals surface area contributed by atoms with Crippen molar-refractivity contribution in [3.8, 4) is 0 Å². The molecule has 0 saturated carbocycles. The summed E-state index contributed by atoms with van der Waals surface area (Å²) in [5.41, 5.74) is 1.50. The van der Waals surface area contributed by atoms with Crippen molar-refractivity contribution < 1.29 is 9.18 Å². The summed E-state index contributed by atoms with van der Waals surface area (Å²) in [6.07, 6.45) is 0. The maximum absolute atomic E-state index is 13.7. The van der Waals surface area contributed by atoms with E-state index >= 15 is 0 Å². The van der Waals surface area contributed by atoms with Crippen molar-refractivity contribution in [2.75, 3.05) is 5.32 Å². The summed E-state index contributed by atoms with van der Waals surface area (Å²) < 4.78 is 14.3. The Balaban J connectivity index is 2.03. The van der Waals surface area contributed by atoms with Crippen molar-refractivity contribution >= 4 is 55.4 Å². The van der Waals surface area contributed by atoms with Gasteiger partial charge < -0.3 is 0 Å². The molecule has 1 N–H and O–H groups in total. The van der Waals surface area contributed by atoms with Gasteiger partial charge in [0.1, 0.15) is 16.2 Å². The Bertz CT molecular complexity index is 757. The molecule has 3 aromatic rings. The Labute approximate surface area is 119 Å². The molecule has 96 valence electrons. The smallest absolute Gasteiger partial charge is 0.269 e. The van der Waals surface area contributed by atoms with E-state index in [1.807, 2.05) is 0 Å². The topological polar surface area (TPSA) is 54.9 Å². The van der Waals surface area contributed by atoms with Gasteiger partial charge in [-0.3, -0.25) is 10.1 Å². The van der Waals surface area contributed by atoms with Gasteiger partial charge in [0.05, 0.1) is 5.02 Å². The van der Waals surface area contributed by atoms with Gasteiger partial charge in [-0.15, -0.1) is 21.5 Å². The number of carbonyl (C=O) groups excluding carboxylic acids is 1. The van der Waals surface area contributed by atoms with Gasteiger partial charge >= 0.3 is 0 Å². The third-order valence-corrected chi connectivity index (χ3v) is 4.64. The third-order valence-electron chi connectivity index (χ3n) is 2.39. The molecule has 0 unspecified atom stereocenters. The van der Waals surface area contributed by atoms with E-state index in [0.29, 0.717) is 9.83 Å². The standard InChI is InChI=1S/C11H5ClFN3OS2/c12-8-7-5(13)2-1-3-6(7)19-9(8)10(17)15-11-16-14-4-18-11/h1-4H,(H,15,16,17). The molecule has 0 radical (unpaired) electrons. The molecule has 0 spiro atoms. The number of amides is 1. The van der Waals surface area contributed by atoms with Gasteiger partial charge in [-0.1, -0.05) is 29.0 Å². The minimum Gasteiger partial charge on any atom is -0.296 e. The second-order valence-corrected chi connectivity index (χ2v) is 5.82. The molecule has 1 aromatic carbocycles. The number of thiophene rings is 1. The normalized spacial score (nSPS) is 10.8. The molecule has 3 rings (SSSR count). The van der Waals surface area contributed by atoms with Gasteiger partial charge in [-0.05, 0) is 12.1 Å². The molecule has 0 bridgehead atoms. The van der Waals surface area contributed by atoms with Gasteiger partial charge in [0.2, 0.25) is 5.13 Å². The zero-order valence-electron chi connectivity index (χ0n) is 9.18. The van der Waals surface area contributed by atoms with Crippen LogP contribution in [0.3, 0.4) is 0 Å². The number of hydrogen-bond donors (Lipinski definition) is 1. The van der Waals surface area contributed by atoms with E-state index < -0.39 is 11.7 Å². The van der Waals surface area contributed by atoms with Crippen LogP contribution in [0.1, 0.15) is 9.67 Å². The van der Waals surface area contributed by atoms with Crippen LogP contribution in [0.15, 0.2) is 23.7 Å². The number of fused-ring (bicyclic) bond motifs is 1. The largest absolute Gasteiger partial charge is 0.296 e. The Hall–Kier alpha value is -1.57. The van der Waals surface area contributed by atoms with Gasteiger partial charge in [0.15, 0.2) is 0 Å². The molecule has 2 aromatic heterocycles. The highest BCUT2D eigenvalue weighted by Gasteiger charge is 2.20. The molecule has 0 fully saturated rings. The summed E-state index contributed by atoms with van der Waals surface area (Å²) in [6, 6.07) is 4.61. The highest BCUT2D eigenvalue weighted by atomic mass is 35.5. The van der Waals surface area contributed by atoms with E-state index in [1.165, 1.54) is 22.9 Å². The van der Waals surface area contributed by atoms with Crippen molar-refractivity contribution in [1.29, 1.82) is 0 Å². The number of rotatable bonds is 2. The van der Waals surface area contributed by atoms with Crippen molar-refractivity contribution in [2.45, 2.75) is 0 Å². The SMILES string of the molecule is O=C(Nc1nncs1)c1sc2cccc(F)c2c1Cl. The van der Waals surface area contributed by atoms with Crippen LogP contribution in [-0.4, -0.2) is 16.1 Å². The molecule has 8 heteroatoms. The van der Waals surface area contributed by atoms with Crippen LogP contribution in [-0.2, 0) is 0 Å². The zero-order valence-corrected chi connectivity index (χ0v) is 11.6. The first-order chi connectivity index (χ1) is 9.16. The van der Waals surface area contributed by atoms with Crippen LogP contribution >= 0.6 is 34.3 Å². The minimum atomic E-state index is -0.436. The van der Waals surface area contributed by atoms with Crippen molar-refractivity contribution in [3.63, 3.8) is 0 Å². The second-order valence-electron chi connectivity index (χ2n) is 3.56. The van der Waals surface area contributed by atoms with Crippen molar-refractivity contribution in [3.05, 3.63) is 39.4 Å². The molecular weight excluding hydrogens is 309 g/mol. The molecule has 0 saturated heterocycles. The summed E-state index contributed by atoms with van der Waals surface area (Å²) in [4.78, 5) is 12.3. The monoisotopic (exact) mass is 313 g/mol. The maximum Gasteiger partial charge on any atom is 0.269 e. The Kier molecular flexibility index (Phi) is 3.17. The molecule has 1 amide bonds. The summed E-state index contributed by atoms with van der Waals surface area (Å²) >= 11 is 8.41. The van der Waals surface area contributed by atoms with E-state index in [4.69, 9.17) is 11.6 Å². The van der Waals surface area contributed by atoms with Crippen LogP contribution in [0.4, 0.5) is 9.52 Å². The highest BCUT2D eigenvalue weighted by Crippen LogP contribution is 2.37. The molecule has 0 aliphatic carbocycles. The molecule has 0 atom stereocenters. The fraction of sp³-hybridized carbons (Fsp3) is 0. The average Bonchev–Trinajstić information content (AvgIpc) is 2.98. The van der Waals surface area contributed by atoms with E-state index in [2.05, 4.69) is 15.5 Å². The fourth-order valence-electron chi connectivity index (χ4n) is 1.60. The van der Waals surface area contributed by atoms with Crippen LogP contribution in [0, 0.1) is 5.82 Å². The highest BCUT2D eigenvalue weighted by molar-refractivity contribution is 7.21. The molecule has 19 heavy (non-hydrogen) atoms. The summed E-state index contributed by atoms with van der Waals surface area (Å²) in [7, 11) is 0. The van der Waals surface area contributed by atoms with Gasteiger partial charge in [-0.25, -0.2) is 4.39 Å². The number of carbonyl (C=O) groups is 1. The van der Waals surface area contributed by atoms with E-state index in [1.54, 1.807) is 12.1 Å². The molecule has 4 nitrogen and oxygen atoms in total. The lowest BCUT2D eigenvalue weighted by atomic mass is 10.2. The average molecular weight is 314 g/mol. The number of benzene rings is 1. The van der Waals surface area contributed by atoms with E-state index in [0.717, 1.165) is 11.3 Å². The zero-order chi connectivity index (χ0) is 13.4. The quantitative estimate of drug-likeness (QED) is 0.783. The lowest BCUT2D eigenvalue weighted by Crippen LogP contribution is -2.10. The van der Waals surface area contributed by atoms with Crippen LogP contribution < -0.4 is 5.32 Å². The molecular formula is C11H5ClFN3OS2. The fourth-order valence-corrected chi connectivity index (χ4v) is 3.49. The van der Waals surface area contributed by atoms with Gasteiger partial charge in [-0.2, -0.15) is 0 Å². The third kappa shape index (κ3) is 2.20. The van der Waals surface area contributed by atoms with E-state index in [9.17, 15) is 9.18 Å². The summed E-state index contributed by atoms with van der Waals surface area (Å²) in [5.74, 6) is -0.851. The maximum atomic E-state index is 13.7. The van der Waals surface area contributed by atoms with Crippen LogP contribution in [0.5, 0.6) is 0 Å².